The van der Waals surface area contributed by atoms with Crippen molar-refractivity contribution in [2.24, 2.45) is 29.6 Å². The van der Waals surface area contributed by atoms with Crippen LogP contribution in [0.15, 0.2) is 0 Å². The van der Waals surface area contributed by atoms with E-state index in [-0.39, 0.29) is 36.3 Å². The van der Waals surface area contributed by atoms with Crippen LogP contribution in [0.3, 0.4) is 0 Å². The summed E-state index contributed by atoms with van der Waals surface area (Å²) in [5, 5.41) is 32.3. The van der Waals surface area contributed by atoms with Crippen LogP contribution in [0.5, 0.6) is 0 Å². The summed E-state index contributed by atoms with van der Waals surface area (Å²) in [7, 11) is 1.48. The van der Waals surface area contributed by atoms with Crippen LogP contribution < -0.4 is 0 Å². The average Bonchev–Trinajstić information content (AvgIpc) is 2.93. The smallest absolute Gasteiger partial charge is 0.329 e. The normalized spacial score (nSPS) is 36.2. The van der Waals surface area contributed by atoms with Crippen LogP contribution in [-0.4, -0.2) is 93.9 Å². The zero-order valence-corrected chi connectivity index (χ0v) is 26.0. The van der Waals surface area contributed by atoms with Gasteiger partial charge in [-0.3, -0.25) is 9.59 Å². The Balaban J connectivity index is 1.72. The molecule has 2 aliphatic heterocycles. The van der Waals surface area contributed by atoms with Gasteiger partial charge in [-0.25, -0.2) is 4.79 Å². The van der Waals surface area contributed by atoms with Gasteiger partial charge < -0.3 is 34.4 Å². The lowest BCUT2D eigenvalue weighted by Crippen LogP contribution is -2.61. The molecule has 41 heavy (non-hydrogen) atoms. The second-order valence-corrected chi connectivity index (χ2v) is 13.4. The van der Waals surface area contributed by atoms with E-state index >= 15 is 0 Å². The Morgan fingerprint density at radius 3 is 2.29 bits per heavy atom. The van der Waals surface area contributed by atoms with Gasteiger partial charge in [-0.1, -0.05) is 41.5 Å². The van der Waals surface area contributed by atoms with Crippen molar-refractivity contribution in [2.75, 3.05) is 13.7 Å². The highest BCUT2D eigenvalue weighted by molar-refractivity contribution is 6.39. The molecule has 1 aliphatic carbocycles. The Morgan fingerprint density at radius 1 is 1.00 bits per heavy atom. The molecule has 3 N–H and O–H groups in total. The number of aliphatic hydroxyl groups is 3. The lowest BCUT2D eigenvalue weighted by atomic mass is 9.76. The van der Waals surface area contributed by atoms with Gasteiger partial charge in [0.25, 0.3) is 11.7 Å². The molecular formula is C31H53NO9. The van der Waals surface area contributed by atoms with Crippen molar-refractivity contribution in [3.63, 3.8) is 0 Å². The minimum absolute atomic E-state index is 0.0296. The SMILES string of the molecule is COC1C(O)CCC(CC(C)C(OC(=O)C2CCCCN2C(=O)C(=O)C2(O)OC(C(C)C)CCC2C)C(C)C)C1O. The summed E-state index contributed by atoms with van der Waals surface area (Å²) in [6.07, 6.45) is 1.71. The van der Waals surface area contributed by atoms with Crippen LogP contribution in [0.25, 0.3) is 0 Å². The van der Waals surface area contributed by atoms with E-state index in [2.05, 4.69) is 0 Å². The summed E-state index contributed by atoms with van der Waals surface area (Å²) >= 11 is 0. The molecule has 2 saturated heterocycles. The molecule has 0 bridgehead atoms. The standard InChI is InChI=1S/C31H53NO9/c1-17(2)24-14-11-20(6)31(38,41-24)28(35)29(36)32-15-9-8-10-22(32)30(37)40-26(18(3)4)19(5)16-21-12-13-23(33)27(39-7)25(21)34/h17-27,33-34,38H,8-16H2,1-7H3. The number of methoxy groups -OCH3 is 1. The van der Waals surface area contributed by atoms with Crippen molar-refractivity contribution in [1.29, 1.82) is 0 Å². The van der Waals surface area contributed by atoms with E-state index in [9.17, 15) is 29.7 Å². The van der Waals surface area contributed by atoms with Gasteiger partial charge >= 0.3 is 5.97 Å². The summed E-state index contributed by atoms with van der Waals surface area (Å²) < 4.78 is 17.2. The van der Waals surface area contributed by atoms with Crippen molar-refractivity contribution < 1.29 is 43.9 Å². The van der Waals surface area contributed by atoms with Crippen LogP contribution >= 0.6 is 0 Å². The topological polar surface area (TPSA) is 143 Å². The van der Waals surface area contributed by atoms with Crippen LogP contribution in [-0.2, 0) is 28.6 Å². The molecule has 0 aromatic heterocycles. The van der Waals surface area contributed by atoms with Gasteiger partial charge in [0.2, 0.25) is 5.79 Å². The number of amides is 1. The molecule has 3 fully saturated rings. The van der Waals surface area contributed by atoms with Crippen molar-refractivity contribution in [1.82, 2.24) is 4.90 Å². The molecule has 0 spiro atoms. The van der Waals surface area contributed by atoms with Gasteiger partial charge in [-0.15, -0.1) is 0 Å². The number of esters is 1. The number of hydrogen-bond donors (Lipinski definition) is 3. The number of aliphatic hydroxyl groups excluding tert-OH is 2. The molecule has 2 heterocycles. The van der Waals surface area contributed by atoms with Gasteiger partial charge in [-0.2, -0.15) is 0 Å². The molecule has 236 valence electrons. The van der Waals surface area contributed by atoms with Crippen LogP contribution in [0.1, 0.15) is 92.9 Å². The minimum atomic E-state index is -2.22. The Kier molecular flexibility index (Phi) is 11.8. The average molecular weight is 584 g/mol. The maximum Gasteiger partial charge on any atom is 0.329 e. The quantitative estimate of drug-likeness (QED) is 0.261. The molecule has 3 rings (SSSR count). The number of Topliss-reactive ketones (excluding diaryl/α,β-unsaturated/α-hetero) is 1. The maximum atomic E-state index is 13.6. The zero-order valence-electron chi connectivity index (χ0n) is 26.0. The molecule has 10 atom stereocenters. The van der Waals surface area contributed by atoms with Crippen LogP contribution in [0.4, 0.5) is 0 Å². The number of piperidine rings is 1. The molecule has 10 unspecified atom stereocenters. The largest absolute Gasteiger partial charge is 0.460 e. The Morgan fingerprint density at radius 2 is 1.68 bits per heavy atom. The fourth-order valence-corrected chi connectivity index (χ4v) is 6.97. The molecule has 1 saturated carbocycles. The molecule has 0 aromatic carbocycles. The van der Waals surface area contributed by atoms with E-state index in [4.69, 9.17) is 14.2 Å². The summed E-state index contributed by atoms with van der Waals surface area (Å²) in [6.45, 7) is 11.7. The Bertz CT molecular complexity index is 910. The van der Waals surface area contributed by atoms with E-state index in [0.29, 0.717) is 51.4 Å². The van der Waals surface area contributed by atoms with Crippen LogP contribution in [0.2, 0.25) is 0 Å². The predicted molar refractivity (Wildman–Crippen MR) is 151 cm³/mol. The van der Waals surface area contributed by atoms with Crippen molar-refractivity contribution in [3.05, 3.63) is 0 Å². The van der Waals surface area contributed by atoms with E-state index in [0.717, 1.165) is 0 Å². The highest BCUT2D eigenvalue weighted by Gasteiger charge is 2.53. The predicted octanol–water partition coefficient (Wildman–Crippen LogP) is 2.84. The first-order chi connectivity index (χ1) is 19.2. The Hall–Kier alpha value is -1.59. The van der Waals surface area contributed by atoms with Crippen LogP contribution in [0, 0.1) is 29.6 Å². The van der Waals surface area contributed by atoms with E-state index < -0.39 is 59.8 Å². The lowest BCUT2D eigenvalue weighted by molar-refractivity contribution is -0.269. The second kappa shape index (κ2) is 14.3. The van der Waals surface area contributed by atoms with Crippen molar-refractivity contribution in [3.8, 4) is 0 Å². The molecular weight excluding hydrogens is 530 g/mol. The van der Waals surface area contributed by atoms with E-state index in [1.807, 2.05) is 34.6 Å². The first-order valence-corrected chi connectivity index (χ1v) is 15.6. The fourth-order valence-electron chi connectivity index (χ4n) is 6.97. The highest BCUT2D eigenvalue weighted by atomic mass is 16.6. The summed E-state index contributed by atoms with van der Waals surface area (Å²) in [5.41, 5.74) is 0. The zero-order chi connectivity index (χ0) is 30.6. The highest BCUT2D eigenvalue weighted by Crippen LogP contribution is 2.37. The number of likely N-dealkylation sites (tertiary alicyclic amines) is 1. The van der Waals surface area contributed by atoms with Gasteiger partial charge in [0.15, 0.2) is 0 Å². The summed E-state index contributed by atoms with van der Waals surface area (Å²) in [4.78, 5) is 41.9. The van der Waals surface area contributed by atoms with Gasteiger partial charge in [0.1, 0.15) is 18.2 Å². The number of ether oxygens (including phenoxy) is 3. The monoisotopic (exact) mass is 583 g/mol. The number of rotatable bonds is 10. The lowest BCUT2D eigenvalue weighted by Gasteiger charge is -2.43. The van der Waals surface area contributed by atoms with Crippen molar-refractivity contribution in [2.45, 2.75) is 135 Å². The molecule has 1 amide bonds. The summed E-state index contributed by atoms with van der Waals surface area (Å²) in [6, 6.07) is -0.926. The first kappa shape index (κ1) is 33.9. The van der Waals surface area contributed by atoms with E-state index in [1.54, 1.807) is 6.92 Å². The minimum Gasteiger partial charge on any atom is -0.460 e. The summed E-state index contributed by atoms with van der Waals surface area (Å²) in [5.74, 6) is -5.44. The third kappa shape index (κ3) is 7.50. The van der Waals surface area contributed by atoms with Crippen molar-refractivity contribution >= 4 is 17.7 Å². The number of carbonyl (C=O) groups is 3. The van der Waals surface area contributed by atoms with E-state index in [1.165, 1.54) is 12.0 Å². The molecule has 10 heteroatoms. The molecule has 0 radical (unpaired) electrons. The van der Waals surface area contributed by atoms with Gasteiger partial charge in [0, 0.05) is 19.6 Å². The van der Waals surface area contributed by atoms with Gasteiger partial charge in [0.05, 0.1) is 18.3 Å². The maximum absolute atomic E-state index is 13.6. The third-order valence-electron chi connectivity index (χ3n) is 9.63. The molecule has 0 aromatic rings. The molecule has 10 nitrogen and oxygen atoms in total. The first-order valence-electron chi connectivity index (χ1n) is 15.6. The number of nitrogens with zero attached hydrogens (tertiary/aromatic N) is 1. The second-order valence-electron chi connectivity index (χ2n) is 13.4. The number of hydrogen-bond acceptors (Lipinski definition) is 9. The number of carbonyl (C=O) groups excluding carboxylic acids is 3. The number of ketones is 1. The van der Waals surface area contributed by atoms with Gasteiger partial charge in [-0.05, 0) is 75.0 Å². The molecule has 3 aliphatic rings. The Labute approximate surface area is 245 Å². The fraction of sp³-hybridized carbons (Fsp3) is 0.903. The third-order valence-corrected chi connectivity index (χ3v) is 9.63.